The van der Waals surface area contributed by atoms with E-state index in [0.717, 1.165) is 14.2 Å². The summed E-state index contributed by atoms with van der Waals surface area (Å²) >= 11 is 0. The second-order valence-electron chi connectivity index (χ2n) is 6.50. The fourth-order valence-electron chi connectivity index (χ4n) is 3.00. The molecule has 164 valence electrons. The highest BCUT2D eigenvalue weighted by molar-refractivity contribution is 6.30. The fourth-order valence-corrected chi connectivity index (χ4v) is 3.00. The van der Waals surface area contributed by atoms with Crippen molar-refractivity contribution >= 4 is 31.7 Å². The van der Waals surface area contributed by atoms with Gasteiger partial charge >= 0.3 is 23.9 Å². The lowest BCUT2D eigenvalue weighted by Gasteiger charge is -2.41. The zero-order chi connectivity index (χ0) is 22.5. The molecule has 0 aromatic rings. The average molecular weight is 416 g/mol. The molecule has 8 nitrogen and oxygen atoms in total. The third-order valence-electron chi connectivity index (χ3n) is 4.94. The van der Waals surface area contributed by atoms with E-state index in [1.807, 2.05) is 0 Å². The van der Waals surface area contributed by atoms with Crippen LogP contribution in [0.1, 0.15) is 52.4 Å². The highest BCUT2D eigenvalue weighted by Gasteiger charge is 2.66. The van der Waals surface area contributed by atoms with E-state index in [9.17, 15) is 23.6 Å². The predicted octanol–water partition coefficient (Wildman–Crippen LogP) is 2.08. The highest BCUT2D eigenvalue weighted by Crippen LogP contribution is 2.51. The van der Waals surface area contributed by atoms with Crippen LogP contribution < -0.4 is 0 Å². The Balaban J connectivity index is 5.02. The van der Waals surface area contributed by atoms with Crippen LogP contribution in [0.4, 0.5) is 4.39 Å². The van der Waals surface area contributed by atoms with Crippen molar-refractivity contribution in [3.8, 4) is 0 Å². The maximum atomic E-state index is 12.9. The molecule has 0 rings (SSSR count). The van der Waals surface area contributed by atoms with Gasteiger partial charge in [-0.15, -0.1) is 0 Å². The van der Waals surface area contributed by atoms with Crippen LogP contribution in [0.2, 0.25) is 5.31 Å². The molecule has 0 spiro atoms. The van der Waals surface area contributed by atoms with Gasteiger partial charge in [-0.05, 0) is 31.0 Å². The number of rotatable bonds is 14. The van der Waals surface area contributed by atoms with Gasteiger partial charge in [-0.3, -0.25) is 14.4 Å². The maximum Gasteiger partial charge on any atom is 0.337 e. The largest absolute Gasteiger partial charge is 0.468 e. The Morgan fingerprint density at radius 1 is 0.793 bits per heavy atom. The van der Waals surface area contributed by atoms with Crippen LogP contribution >= 0.6 is 0 Å². The van der Waals surface area contributed by atoms with Crippen molar-refractivity contribution in [2.45, 2.75) is 57.7 Å². The highest BCUT2D eigenvalue weighted by atomic mass is 19.1. The monoisotopic (exact) mass is 416 g/mol. The number of carbonyl (C=O) groups is 4. The Kier molecular flexibility index (Phi) is 12.2. The van der Waals surface area contributed by atoms with Crippen molar-refractivity contribution in [2.24, 2.45) is 5.41 Å². The van der Waals surface area contributed by atoms with Crippen LogP contribution in [-0.4, -0.2) is 65.8 Å². The Morgan fingerprint density at radius 3 is 1.62 bits per heavy atom. The van der Waals surface area contributed by atoms with E-state index >= 15 is 0 Å². The van der Waals surface area contributed by atoms with Gasteiger partial charge in [0, 0.05) is 0 Å². The van der Waals surface area contributed by atoms with Crippen LogP contribution in [0.25, 0.3) is 0 Å². The molecule has 0 atom stereocenters. The predicted molar refractivity (Wildman–Crippen MR) is 102 cm³/mol. The summed E-state index contributed by atoms with van der Waals surface area (Å²) in [4.78, 5) is 48.7. The van der Waals surface area contributed by atoms with Crippen molar-refractivity contribution in [3.63, 3.8) is 0 Å². The Bertz CT molecular complexity index is 546. The molecule has 29 heavy (non-hydrogen) atoms. The van der Waals surface area contributed by atoms with Crippen LogP contribution in [-0.2, 0) is 38.1 Å². The van der Waals surface area contributed by atoms with Crippen LogP contribution in [0, 0.1) is 5.41 Å². The second kappa shape index (κ2) is 13.2. The summed E-state index contributed by atoms with van der Waals surface area (Å²) in [6, 6.07) is 0. The normalized spacial score (nSPS) is 11.5. The maximum absolute atomic E-state index is 12.9. The van der Waals surface area contributed by atoms with E-state index in [4.69, 9.17) is 22.1 Å². The minimum absolute atomic E-state index is 0.0532. The Morgan fingerprint density at radius 2 is 1.24 bits per heavy atom. The number of alkyl halides is 1. The molecule has 0 unspecified atom stereocenters. The molecule has 0 heterocycles. The Labute approximate surface area is 172 Å². The molecule has 0 N–H and O–H groups in total. The minimum Gasteiger partial charge on any atom is -0.468 e. The summed E-state index contributed by atoms with van der Waals surface area (Å²) in [5.41, 5.74) is -2.43. The zero-order valence-electron chi connectivity index (χ0n) is 17.6. The van der Waals surface area contributed by atoms with Crippen molar-refractivity contribution in [2.75, 3.05) is 34.1 Å². The zero-order valence-corrected chi connectivity index (χ0v) is 17.6. The first-order valence-electron chi connectivity index (χ1n) is 9.56. The minimum atomic E-state index is -2.43. The SMILES string of the molecule is [B]C(CC)(CC)C(C(=O)OC)(C(=O)OC)C(=O)OCCCCCCOC(=O)CF. The van der Waals surface area contributed by atoms with Gasteiger partial charge in [0.1, 0.15) is 0 Å². The number of halogens is 1. The fraction of sp³-hybridized carbons (Fsp3) is 0.789. The number of methoxy groups -OCH3 is 2. The number of carbonyl (C=O) groups excluding carboxylic acids is 4. The van der Waals surface area contributed by atoms with Gasteiger partial charge < -0.3 is 18.9 Å². The summed E-state index contributed by atoms with van der Waals surface area (Å²) in [5.74, 6) is -4.28. The molecular formula is C19H30BFO8. The number of unbranched alkanes of at least 4 members (excludes halogenated alkanes) is 3. The Hall–Kier alpha value is -2.13. The van der Waals surface area contributed by atoms with Crippen LogP contribution in [0.3, 0.4) is 0 Å². The van der Waals surface area contributed by atoms with Crippen molar-refractivity contribution in [1.82, 2.24) is 0 Å². The smallest absolute Gasteiger partial charge is 0.337 e. The van der Waals surface area contributed by atoms with E-state index in [0.29, 0.717) is 25.7 Å². The molecular weight excluding hydrogens is 386 g/mol. The standard InChI is InChI=1S/C19H30BFO8/c1-5-18(20,6-2)19(15(23)26-3,16(24)27-4)17(25)29-12-10-8-7-9-11-28-14(22)13-21/h5-13H2,1-4H3. The molecule has 0 aliphatic heterocycles. The van der Waals surface area contributed by atoms with E-state index < -0.39 is 41.3 Å². The van der Waals surface area contributed by atoms with Crippen molar-refractivity contribution in [3.05, 3.63) is 0 Å². The lowest BCUT2D eigenvalue weighted by Crippen LogP contribution is -2.56. The van der Waals surface area contributed by atoms with Gasteiger partial charge in [0.25, 0.3) is 5.41 Å². The van der Waals surface area contributed by atoms with Gasteiger partial charge in [0.05, 0.1) is 35.3 Å². The molecule has 10 heteroatoms. The first kappa shape index (κ1) is 26.9. The summed E-state index contributed by atoms with van der Waals surface area (Å²) in [7, 11) is 8.38. The summed E-state index contributed by atoms with van der Waals surface area (Å²) < 4.78 is 31.2. The third-order valence-corrected chi connectivity index (χ3v) is 4.94. The van der Waals surface area contributed by atoms with Gasteiger partial charge in [-0.1, -0.05) is 26.7 Å². The quantitative estimate of drug-likeness (QED) is 0.139. The average Bonchev–Trinajstić information content (AvgIpc) is 2.74. The van der Waals surface area contributed by atoms with Crippen molar-refractivity contribution in [1.29, 1.82) is 0 Å². The van der Waals surface area contributed by atoms with Gasteiger partial charge in [-0.2, -0.15) is 0 Å². The van der Waals surface area contributed by atoms with Crippen LogP contribution in [0.5, 0.6) is 0 Å². The van der Waals surface area contributed by atoms with Gasteiger partial charge in [0.15, 0.2) is 6.67 Å². The molecule has 0 saturated carbocycles. The molecule has 2 radical (unpaired) electrons. The lowest BCUT2D eigenvalue weighted by molar-refractivity contribution is -0.186. The number of hydrogen-bond acceptors (Lipinski definition) is 8. The first-order valence-corrected chi connectivity index (χ1v) is 9.56. The molecule has 0 saturated heterocycles. The second-order valence-corrected chi connectivity index (χ2v) is 6.50. The van der Waals surface area contributed by atoms with E-state index in [1.54, 1.807) is 13.8 Å². The molecule has 0 aromatic heterocycles. The summed E-state index contributed by atoms with van der Waals surface area (Å²) in [6.07, 6.45) is 2.50. The molecule has 0 aliphatic rings. The molecule has 0 aromatic carbocycles. The third kappa shape index (κ3) is 6.43. The van der Waals surface area contributed by atoms with E-state index in [2.05, 4.69) is 4.74 Å². The number of ether oxygens (including phenoxy) is 4. The van der Waals surface area contributed by atoms with Crippen molar-refractivity contribution < 1.29 is 42.5 Å². The first-order chi connectivity index (χ1) is 13.7. The van der Waals surface area contributed by atoms with E-state index in [1.165, 1.54) is 0 Å². The van der Waals surface area contributed by atoms with Gasteiger partial charge in [-0.25, -0.2) is 9.18 Å². The topological polar surface area (TPSA) is 105 Å². The lowest BCUT2D eigenvalue weighted by atomic mass is 9.49. The molecule has 0 amide bonds. The summed E-state index contributed by atoms with van der Waals surface area (Å²) in [5, 5.41) is -1.55. The molecule has 0 bridgehead atoms. The number of esters is 4. The molecule has 0 fully saturated rings. The molecule has 0 aliphatic carbocycles. The summed E-state index contributed by atoms with van der Waals surface area (Å²) in [6.45, 7) is 2.19. The van der Waals surface area contributed by atoms with E-state index in [-0.39, 0.29) is 26.1 Å². The number of hydrogen-bond donors (Lipinski definition) is 0. The van der Waals surface area contributed by atoms with Gasteiger partial charge in [0.2, 0.25) is 0 Å². The van der Waals surface area contributed by atoms with Crippen LogP contribution in [0.15, 0.2) is 0 Å².